The highest BCUT2D eigenvalue weighted by atomic mass is 16.1. The molecular weight excluding hydrogens is 196 g/mol. The van der Waals surface area contributed by atoms with E-state index in [1.165, 1.54) is 0 Å². The molecule has 0 radical (unpaired) electrons. The highest BCUT2D eigenvalue weighted by Crippen LogP contribution is 2.46. The molecule has 0 bridgehead atoms. The van der Waals surface area contributed by atoms with E-state index in [9.17, 15) is 4.79 Å². The lowest BCUT2D eigenvalue weighted by Crippen LogP contribution is -2.40. The van der Waals surface area contributed by atoms with Crippen molar-refractivity contribution in [2.75, 3.05) is 0 Å². The van der Waals surface area contributed by atoms with Crippen LogP contribution in [0.15, 0.2) is 36.9 Å². The third kappa shape index (κ3) is 1.82. The van der Waals surface area contributed by atoms with Crippen LogP contribution in [0.25, 0.3) is 5.57 Å². The zero-order valence-corrected chi connectivity index (χ0v) is 9.83. The van der Waals surface area contributed by atoms with Gasteiger partial charge < -0.3 is 0 Å². The molecule has 1 saturated carbocycles. The molecule has 1 aliphatic carbocycles. The van der Waals surface area contributed by atoms with Gasteiger partial charge in [-0.25, -0.2) is 0 Å². The van der Waals surface area contributed by atoms with Crippen LogP contribution in [0.3, 0.4) is 0 Å². The van der Waals surface area contributed by atoms with Crippen molar-refractivity contribution in [1.29, 1.82) is 0 Å². The van der Waals surface area contributed by atoms with E-state index in [4.69, 9.17) is 0 Å². The van der Waals surface area contributed by atoms with E-state index >= 15 is 0 Å². The molecule has 1 aliphatic rings. The summed E-state index contributed by atoms with van der Waals surface area (Å²) in [6, 6.07) is 10.2. The highest BCUT2D eigenvalue weighted by Gasteiger charge is 2.44. The summed E-state index contributed by atoms with van der Waals surface area (Å²) in [4.78, 5) is 11.7. The number of hydrogen-bond acceptors (Lipinski definition) is 1. The van der Waals surface area contributed by atoms with E-state index in [2.05, 4.69) is 25.6 Å². The van der Waals surface area contributed by atoms with Gasteiger partial charge in [0.15, 0.2) is 0 Å². The van der Waals surface area contributed by atoms with Crippen molar-refractivity contribution in [1.82, 2.24) is 0 Å². The molecule has 1 nitrogen and oxygen atoms in total. The molecule has 16 heavy (non-hydrogen) atoms. The van der Waals surface area contributed by atoms with Crippen molar-refractivity contribution in [3.8, 4) is 0 Å². The maximum Gasteiger partial charge on any atom is 0.139 e. The number of carbonyl (C=O) groups is 1. The molecule has 0 amide bonds. The zero-order valence-electron chi connectivity index (χ0n) is 9.83. The summed E-state index contributed by atoms with van der Waals surface area (Å²) in [5.74, 6) is 0.423. The topological polar surface area (TPSA) is 17.1 Å². The quantitative estimate of drug-likeness (QED) is 0.744. The van der Waals surface area contributed by atoms with Crippen LogP contribution in [0.2, 0.25) is 0 Å². The molecule has 0 aliphatic heterocycles. The second kappa shape index (κ2) is 4.25. The molecule has 1 atom stereocenters. The summed E-state index contributed by atoms with van der Waals surface area (Å²) in [5, 5.41) is 0. The lowest BCUT2D eigenvalue weighted by Gasteiger charge is -2.40. The molecule has 0 N–H and O–H groups in total. The Morgan fingerprint density at radius 1 is 1.38 bits per heavy atom. The molecule has 84 valence electrons. The number of hydrogen-bond donors (Lipinski definition) is 0. The number of carbonyl (C=O) groups excluding carboxylic acids is 1. The Labute approximate surface area is 97.2 Å². The van der Waals surface area contributed by atoms with Gasteiger partial charge in [-0.3, -0.25) is 4.79 Å². The Bertz CT molecular complexity index is 401. The Kier molecular flexibility index (Phi) is 2.95. The van der Waals surface area contributed by atoms with Crippen molar-refractivity contribution in [2.24, 2.45) is 5.41 Å². The first-order valence-corrected chi connectivity index (χ1v) is 5.94. The summed E-state index contributed by atoms with van der Waals surface area (Å²) < 4.78 is 0. The molecule has 1 heteroatoms. The molecule has 1 aromatic carbocycles. The molecule has 2 rings (SSSR count). The van der Waals surface area contributed by atoms with Crippen molar-refractivity contribution in [2.45, 2.75) is 32.6 Å². The average Bonchev–Trinajstić information content (AvgIpc) is 2.34. The predicted octanol–water partition coefficient (Wildman–Crippen LogP) is 3.85. The van der Waals surface area contributed by atoms with Gasteiger partial charge in [0.05, 0.1) is 0 Å². The average molecular weight is 214 g/mol. The fourth-order valence-corrected chi connectivity index (χ4v) is 2.45. The van der Waals surface area contributed by atoms with Crippen LogP contribution < -0.4 is 0 Å². The van der Waals surface area contributed by atoms with Gasteiger partial charge in [0, 0.05) is 11.8 Å². The SMILES string of the molecule is C=C(C[C@]1(CC)CCC1=O)c1ccccc1. The first-order chi connectivity index (χ1) is 7.68. The van der Waals surface area contributed by atoms with E-state index < -0.39 is 0 Å². The molecule has 0 saturated heterocycles. The fourth-order valence-electron chi connectivity index (χ4n) is 2.45. The second-order valence-corrected chi connectivity index (χ2v) is 4.70. The summed E-state index contributed by atoms with van der Waals surface area (Å²) in [6.45, 7) is 6.23. The van der Waals surface area contributed by atoms with Gasteiger partial charge >= 0.3 is 0 Å². The molecule has 1 aromatic rings. The van der Waals surface area contributed by atoms with Crippen LogP contribution in [0, 0.1) is 5.41 Å². The largest absolute Gasteiger partial charge is 0.299 e. The highest BCUT2D eigenvalue weighted by molar-refractivity contribution is 5.92. The predicted molar refractivity (Wildman–Crippen MR) is 67.1 cm³/mol. The lowest BCUT2D eigenvalue weighted by molar-refractivity contribution is -0.138. The van der Waals surface area contributed by atoms with E-state index in [1.807, 2.05) is 18.2 Å². The first-order valence-electron chi connectivity index (χ1n) is 5.94. The van der Waals surface area contributed by atoms with E-state index in [0.29, 0.717) is 5.78 Å². The van der Waals surface area contributed by atoms with Crippen LogP contribution >= 0.6 is 0 Å². The van der Waals surface area contributed by atoms with Gasteiger partial charge in [-0.2, -0.15) is 0 Å². The minimum atomic E-state index is -0.0904. The second-order valence-electron chi connectivity index (χ2n) is 4.70. The van der Waals surface area contributed by atoms with Gasteiger partial charge in [-0.15, -0.1) is 0 Å². The first kappa shape index (κ1) is 11.1. The normalized spacial score (nSPS) is 23.9. The number of Topliss-reactive ketones (excluding diaryl/α,β-unsaturated/α-hetero) is 1. The van der Waals surface area contributed by atoms with Gasteiger partial charge in [0.25, 0.3) is 0 Å². The number of ketones is 1. The van der Waals surface area contributed by atoms with Crippen LogP contribution in [0.5, 0.6) is 0 Å². The molecule has 1 fully saturated rings. The Morgan fingerprint density at radius 3 is 2.50 bits per heavy atom. The van der Waals surface area contributed by atoms with E-state index in [1.54, 1.807) is 0 Å². The molecular formula is C15H18O. The van der Waals surface area contributed by atoms with Crippen molar-refractivity contribution >= 4 is 11.4 Å². The summed E-state index contributed by atoms with van der Waals surface area (Å²) in [6.07, 6.45) is 3.56. The van der Waals surface area contributed by atoms with Gasteiger partial charge in [0.2, 0.25) is 0 Å². The standard InChI is InChI=1S/C15H18O/c1-3-15(10-9-14(15)16)11-12(2)13-7-5-4-6-8-13/h4-8H,2-3,9-11H2,1H3/t15-/m0/s1. The Morgan fingerprint density at radius 2 is 2.06 bits per heavy atom. The Hall–Kier alpha value is -1.37. The molecule has 0 spiro atoms. The smallest absolute Gasteiger partial charge is 0.139 e. The van der Waals surface area contributed by atoms with E-state index in [-0.39, 0.29) is 5.41 Å². The number of benzene rings is 1. The number of allylic oxidation sites excluding steroid dienone is 1. The van der Waals surface area contributed by atoms with Crippen molar-refractivity contribution in [3.63, 3.8) is 0 Å². The third-order valence-electron chi connectivity index (χ3n) is 3.83. The van der Waals surface area contributed by atoms with Crippen LogP contribution in [-0.4, -0.2) is 5.78 Å². The maximum absolute atomic E-state index is 11.7. The van der Waals surface area contributed by atoms with Gasteiger partial charge in [0.1, 0.15) is 5.78 Å². The van der Waals surface area contributed by atoms with Crippen molar-refractivity contribution < 1.29 is 4.79 Å². The van der Waals surface area contributed by atoms with Crippen LogP contribution in [0.1, 0.15) is 38.2 Å². The minimum absolute atomic E-state index is 0.0904. The van der Waals surface area contributed by atoms with Gasteiger partial charge in [-0.05, 0) is 30.4 Å². The molecule has 0 unspecified atom stereocenters. The van der Waals surface area contributed by atoms with Crippen LogP contribution in [0.4, 0.5) is 0 Å². The fraction of sp³-hybridized carbons (Fsp3) is 0.400. The summed E-state index contributed by atoms with van der Waals surface area (Å²) in [7, 11) is 0. The minimum Gasteiger partial charge on any atom is -0.299 e. The summed E-state index contributed by atoms with van der Waals surface area (Å²) >= 11 is 0. The lowest BCUT2D eigenvalue weighted by atomic mass is 9.62. The summed E-state index contributed by atoms with van der Waals surface area (Å²) in [5.41, 5.74) is 2.16. The van der Waals surface area contributed by atoms with Gasteiger partial charge in [-0.1, -0.05) is 43.8 Å². The maximum atomic E-state index is 11.7. The van der Waals surface area contributed by atoms with Crippen LogP contribution in [-0.2, 0) is 4.79 Å². The number of rotatable bonds is 4. The van der Waals surface area contributed by atoms with Crippen molar-refractivity contribution in [3.05, 3.63) is 42.5 Å². The molecule has 0 aromatic heterocycles. The third-order valence-corrected chi connectivity index (χ3v) is 3.83. The monoisotopic (exact) mass is 214 g/mol. The molecule has 0 heterocycles. The van der Waals surface area contributed by atoms with E-state index in [0.717, 1.165) is 36.8 Å². The zero-order chi connectivity index (χ0) is 11.6. The Balaban J connectivity index is 2.11.